The number of hydrogen-bond donors (Lipinski definition) is 1. The molecule has 2 unspecified atom stereocenters. The lowest BCUT2D eigenvalue weighted by molar-refractivity contribution is 0.277. The molecule has 4 nitrogen and oxygen atoms in total. The van der Waals surface area contributed by atoms with Crippen molar-refractivity contribution >= 4 is 0 Å². The third-order valence-corrected chi connectivity index (χ3v) is 5.11. The summed E-state index contributed by atoms with van der Waals surface area (Å²) in [6, 6.07) is 0.638. The quantitative estimate of drug-likeness (QED) is 0.911. The van der Waals surface area contributed by atoms with Crippen molar-refractivity contribution in [1.82, 2.24) is 14.8 Å². The van der Waals surface area contributed by atoms with Crippen LogP contribution in [0.5, 0.6) is 0 Å². The van der Waals surface area contributed by atoms with Gasteiger partial charge in [-0.1, -0.05) is 32.1 Å². The second kappa shape index (κ2) is 6.04. The first kappa shape index (κ1) is 13.1. The van der Waals surface area contributed by atoms with Crippen molar-refractivity contribution in [2.75, 3.05) is 6.54 Å². The first-order valence-corrected chi connectivity index (χ1v) is 7.99. The number of nitrogens with two attached hydrogens (primary N) is 1. The van der Waals surface area contributed by atoms with Gasteiger partial charge < -0.3 is 10.3 Å². The van der Waals surface area contributed by atoms with Crippen LogP contribution >= 0.6 is 0 Å². The summed E-state index contributed by atoms with van der Waals surface area (Å²) in [4.78, 5) is 0. The Morgan fingerprint density at radius 1 is 1.05 bits per heavy atom. The summed E-state index contributed by atoms with van der Waals surface area (Å²) in [7, 11) is 0. The van der Waals surface area contributed by atoms with Crippen LogP contribution in [0, 0.1) is 5.92 Å². The predicted molar refractivity (Wildman–Crippen MR) is 75.9 cm³/mol. The minimum atomic E-state index is 0.545. The van der Waals surface area contributed by atoms with Crippen molar-refractivity contribution in [3.8, 4) is 0 Å². The van der Waals surface area contributed by atoms with Gasteiger partial charge in [0.05, 0.1) is 0 Å². The molecule has 106 valence electrons. The molecule has 2 saturated carbocycles. The van der Waals surface area contributed by atoms with Gasteiger partial charge in [-0.2, -0.15) is 0 Å². The molecule has 0 radical (unpaired) electrons. The Kier molecular flexibility index (Phi) is 4.16. The molecule has 0 amide bonds. The summed E-state index contributed by atoms with van der Waals surface area (Å²) >= 11 is 0. The van der Waals surface area contributed by atoms with Gasteiger partial charge in [-0.05, 0) is 38.1 Å². The third kappa shape index (κ3) is 2.69. The number of nitrogens with zero attached hydrogens (tertiary/aromatic N) is 3. The third-order valence-electron chi connectivity index (χ3n) is 5.11. The van der Waals surface area contributed by atoms with E-state index in [0.29, 0.717) is 17.9 Å². The van der Waals surface area contributed by atoms with Crippen LogP contribution in [-0.2, 0) is 0 Å². The molecule has 0 spiro atoms. The molecule has 2 N–H and O–H groups in total. The Morgan fingerprint density at radius 2 is 1.79 bits per heavy atom. The van der Waals surface area contributed by atoms with Crippen molar-refractivity contribution in [2.45, 2.75) is 69.7 Å². The van der Waals surface area contributed by atoms with Crippen LogP contribution in [0.15, 0.2) is 6.33 Å². The number of rotatable bonds is 3. The van der Waals surface area contributed by atoms with Gasteiger partial charge in [0, 0.05) is 12.0 Å². The van der Waals surface area contributed by atoms with Crippen LogP contribution in [0.1, 0.15) is 75.6 Å². The van der Waals surface area contributed by atoms with Crippen molar-refractivity contribution in [3.05, 3.63) is 12.2 Å². The van der Waals surface area contributed by atoms with Crippen LogP contribution in [0.4, 0.5) is 0 Å². The zero-order chi connectivity index (χ0) is 13.1. The zero-order valence-electron chi connectivity index (χ0n) is 11.8. The van der Waals surface area contributed by atoms with Gasteiger partial charge in [0.15, 0.2) is 0 Å². The number of aromatic nitrogens is 3. The van der Waals surface area contributed by atoms with Crippen LogP contribution in [0.3, 0.4) is 0 Å². The largest absolute Gasteiger partial charge is 0.330 e. The van der Waals surface area contributed by atoms with Crippen LogP contribution in [-0.4, -0.2) is 21.3 Å². The normalized spacial score (nSPS) is 29.5. The standard InChI is InChI=1S/C15H26N4/c16-10-12-6-4-5-9-14(12)15-18-17-11-19(15)13-7-2-1-3-8-13/h11-14H,1-10,16H2. The summed E-state index contributed by atoms with van der Waals surface area (Å²) < 4.78 is 2.39. The highest BCUT2D eigenvalue weighted by atomic mass is 15.3. The van der Waals surface area contributed by atoms with Gasteiger partial charge in [-0.15, -0.1) is 10.2 Å². The highest BCUT2D eigenvalue weighted by molar-refractivity contribution is 5.03. The van der Waals surface area contributed by atoms with Crippen LogP contribution in [0.25, 0.3) is 0 Å². The minimum absolute atomic E-state index is 0.545. The van der Waals surface area contributed by atoms with Crippen molar-refractivity contribution in [2.24, 2.45) is 11.7 Å². The predicted octanol–water partition coefficient (Wildman–Crippen LogP) is 3.02. The first-order chi connectivity index (χ1) is 9.40. The lowest BCUT2D eigenvalue weighted by Crippen LogP contribution is -2.28. The summed E-state index contributed by atoms with van der Waals surface area (Å²) in [6.07, 6.45) is 13.8. The molecule has 0 bridgehead atoms. The van der Waals surface area contributed by atoms with Gasteiger partial charge in [0.1, 0.15) is 12.2 Å². The van der Waals surface area contributed by atoms with Gasteiger partial charge >= 0.3 is 0 Å². The summed E-state index contributed by atoms with van der Waals surface area (Å²) in [5, 5.41) is 8.68. The van der Waals surface area contributed by atoms with Gasteiger partial charge in [0.2, 0.25) is 0 Å². The fraction of sp³-hybridized carbons (Fsp3) is 0.867. The van der Waals surface area contributed by atoms with E-state index in [4.69, 9.17) is 5.73 Å². The molecule has 1 aromatic heterocycles. The van der Waals surface area contributed by atoms with E-state index >= 15 is 0 Å². The molecule has 1 heterocycles. The van der Waals surface area contributed by atoms with E-state index in [1.165, 1.54) is 63.6 Å². The second-order valence-electron chi connectivity index (χ2n) is 6.27. The smallest absolute Gasteiger partial charge is 0.136 e. The molecule has 2 fully saturated rings. The lowest BCUT2D eigenvalue weighted by atomic mass is 9.78. The van der Waals surface area contributed by atoms with Crippen molar-refractivity contribution in [1.29, 1.82) is 0 Å². The zero-order valence-corrected chi connectivity index (χ0v) is 11.8. The molecule has 0 aliphatic heterocycles. The fourth-order valence-corrected chi connectivity index (χ4v) is 3.99. The summed E-state index contributed by atoms with van der Waals surface area (Å²) in [6.45, 7) is 0.794. The Bertz CT molecular complexity index is 395. The molecule has 2 atom stereocenters. The van der Waals surface area contributed by atoms with Crippen LogP contribution in [0.2, 0.25) is 0 Å². The van der Waals surface area contributed by atoms with E-state index in [2.05, 4.69) is 14.8 Å². The highest BCUT2D eigenvalue weighted by Gasteiger charge is 2.31. The average Bonchev–Trinajstić information content (AvgIpc) is 2.97. The molecular formula is C15H26N4. The molecule has 3 rings (SSSR count). The van der Waals surface area contributed by atoms with E-state index in [0.717, 1.165) is 6.54 Å². The van der Waals surface area contributed by atoms with E-state index in [1.54, 1.807) is 0 Å². The van der Waals surface area contributed by atoms with Gasteiger partial charge in [-0.25, -0.2) is 0 Å². The lowest BCUT2D eigenvalue weighted by Gasteiger charge is -2.32. The Balaban J connectivity index is 1.81. The molecule has 0 aromatic carbocycles. The van der Waals surface area contributed by atoms with Gasteiger partial charge in [0.25, 0.3) is 0 Å². The Labute approximate surface area is 115 Å². The van der Waals surface area contributed by atoms with Crippen molar-refractivity contribution < 1.29 is 0 Å². The molecule has 4 heteroatoms. The highest BCUT2D eigenvalue weighted by Crippen LogP contribution is 2.38. The molecule has 2 aliphatic rings. The number of hydrogen-bond acceptors (Lipinski definition) is 3. The molecule has 0 saturated heterocycles. The SMILES string of the molecule is NCC1CCCCC1c1nncn1C1CCCCC1. The summed E-state index contributed by atoms with van der Waals surface area (Å²) in [5.41, 5.74) is 5.97. The van der Waals surface area contributed by atoms with Gasteiger partial charge in [-0.3, -0.25) is 0 Å². The summed E-state index contributed by atoms with van der Waals surface area (Å²) in [5.74, 6) is 2.38. The topological polar surface area (TPSA) is 56.7 Å². The fourth-order valence-electron chi connectivity index (χ4n) is 3.99. The average molecular weight is 262 g/mol. The first-order valence-electron chi connectivity index (χ1n) is 7.99. The van der Waals surface area contributed by atoms with E-state index in [1.807, 2.05) is 6.33 Å². The maximum Gasteiger partial charge on any atom is 0.136 e. The molecule has 19 heavy (non-hydrogen) atoms. The van der Waals surface area contributed by atoms with Crippen molar-refractivity contribution in [3.63, 3.8) is 0 Å². The minimum Gasteiger partial charge on any atom is -0.330 e. The maximum absolute atomic E-state index is 5.97. The van der Waals surface area contributed by atoms with E-state index in [-0.39, 0.29) is 0 Å². The van der Waals surface area contributed by atoms with E-state index in [9.17, 15) is 0 Å². The molecule has 1 aromatic rings. The van der Waals surface area contributed by atoms with E-state index < -0.39 is 0 Å². The monoisotopic (exact) mass is 262 g/mol. The molecular weight excluding hydrogens is 236 g/mol. The Hall–Kier alpha value is -0.900. The second-order valence-corrected chi connectivity index (χ2v) is 6.27. The Morgan fingerprint density at radius 3 is 2.58 bits per heavy atom. The molecule has 2 aliphatic carbocycles. The maximum atomic E-state index is 5.97. The van der Waals surface area contributed by atoms with Crippen LogP contribution < -0.4 is 5.73 Å².